The molecule has 0 fully saturated rings. The van der Waals surface area contributed by atoms with Gasteiger partial charge in [-0.15, -0.1) is 0 Å². The predicted molar refractivity (Wildman–Crippen MR) is 120 cm³/mol. The number of aryl methyl sites for hydroxylation is 1. The number of H-pyrrole nitrogens is 1. The molecule has 0 aliphatic heterocycles. The maximum Gasteiger partial charge on any atom is 0.261 e. The first-order chi connectivity index (χ1) is 14.3. The van der Waals surface area contributed by atoms with Gasteiger partial charge in [0.25, 0.3) is 5.56 Å². The molecule has 0 spiro atoms. The van der Waals surface area contributed by atoms with Gasteiger partial charge in [0.2, 0.25) is 0 Å². The van der Waals surface area contributed by atoms with Gasteiger partial charge in [0.05, 0.1) is 22.3 Å². The lowest BCUT2D eigenvalue weighted by Gasteiger charge is -2.09. The number of ketones is 2. The topological polar surface area (TPSA) is 84.8 Å². The first kappa shape index (κ1) is 20.1. The van der Waals surface area contributed by atoms with Crippen LogP contribution in [0.5, 0.6) is 0 Å². The van der Waals surface area contributed by atoms with Crippen LogP contribution in [-0.2, 0) is 7.05 Å². The zero-order valence-electron chi connectivity index (χ0n) is 17.2. The largest absolute Gasteiger partial charge is 0.355 e. The Morgan fingerprint density at radius 2 is 1.80 bits per heavy atom. The van der Waals surface area contributed by atoms with Crippen molar-refractivity contribution in [1.29, 1.82) is 0 Å². The van der Waals surface area contributed by atoms with Crippen molar-refractivity contribution < 1.29 is 9.59 Å². The minimum absolute atomic E-state index is 0.0706. The van der Waals surface area contributed by atoms with E-state index < -0.39 is 0 Å². The first-order valence-corrected chi connectivity index (χ1v) is 10.5. The van der Waals surface area contributed by atoms with Crippen molar-refractivity contribution in [2.75, 3.05) is 5.75 Å². The number of rotatable bonds is 5. The molecule has 0 radical (unpaired) electrons. The monoisotopic (exact) mass is 419 g/mol. The van der Waals surface area contributed by atoms with Gasteiger partial charge in [-0.05, 0) is 49.2 Å². The molecule has 0 aliphatic rings. The molecule has 0 atom stereocenters. The van der Waals surface area contributed by atoms with Crippen LogP contribution in [0.15, 0.2) is 46.3 Å². The Balaban J connectivity index is 1.67. The second-order valence-electron chi connectivity index (χ2n) is 7.37. The Morgan fingerprint density at radius 1 is 1.13 bits per heavy atom. The van der Waals surface area contributed by atoms with Crippen molar-refractivity contribution >= 4 is 45.0 Å². The minimum atomic E-state index is -0.147. The molecule has 0 saturated heterocycles. The number of nitrogens with one attached hydrogen (secondary N) is 1. The Morgan fingerprint density at radius 3 is 2.43 bits per heavy atom. The standard InChI is InChI=1S/C23H21N3O3S/c1-12-20(14(3)27)13(2)24-21(12)19(28)11-30-23-25-18-10-16-8-6-5-7-15(16)9-17(18)22(29)26(23)4/h5-10,24H,11H2,1-4H3. The summed E-state index contributed by atoms with van der Waals surface area (Å²) in [4.78, 5) is 45.1. The van der Waals surface area contributed by atoms with Crippen molar-refractivity contribution in [1.82, 2.24) is 14.5 Å². The van der Waals surface area contributed by atoms with Gasteiger partial charge in [-0.3, -0.25) is 19.0 Å². The van der Waals surface area contributed by atoms with Crippen LogP contribution in [0, 0.1) is 13.8 Å². The van der Waals surface area contributed by atoms with Crippen molar-refractivity contribution in [3.8, 4) is 0 Å². The molecule has 152 valence electrons. The Hall–Kier alpha value is -3.19. The van der Waals surface area contributed by atoms with Crippen molar-refractivity contribution in [2.24, 2.45) is 7.05 Å². The average Bonchev–Trinajstić information content (AvgIpc) is 3.02. The van der Waals surface area contributed by atoms with Crippen LogP contribution >= 0.6 is 11.8 Å². The van der Waals surface area contributed by atoms with E-state index in [9.17, 15) is 14.4 Å². The SMILES string of the molecule is CC(=O)c1c(C)[nH]c(C(=O)CSc2nc3cc4ccccc4cc3c(=O)n2C)c1C. The lowest BCUT2D eigenvalue weighted by atomic mass is 10.1. The van der Waals surface area contributed by atoms with Crippen LogP contribution < -0.4 is 5.56 Å². The summed E-state index contributed by atoms with van der Waals surface area (Å²) in [5.41, 5.74) is 2.81. The second kappa shape index (κ2) is 7.57. The zero-order chi connectivity index (χ0) is 21.6. The summed E-state index contributed by atoms with van der Waals surface area (Å²) in [6.07, 6.45) is 0. The minimum Gasteiger partial charge on any atom is -0.355 e. The van der Waals surface area contributed by atoms with Crippen molar-refractivity contribution in [3.63, 3.8) is 0 Å². The smallest absolute Gasteiger partial charge is 0.261 e. The van der Waals surface area contributed by atoms with Crippen molar-refractivity contribution in [2.45, 2.75) is 25.9 Å². The van der Waals surface area contributed by atoms with E-state index >= 15 is 0 Å². The fraction of sp³-hybridized carbons (Fsp3) is 0.217. The van der Waals surface area contributed by atoms with Crippen LogP contribution in [-0.4, -0.2) is 31.9 Å². The third-order valence-corrected chi connectivity index (χ3v) is 6.33. The molecule has 30 heavy (non-hydrogen) atoms. The third-order valence-electron chi connectivity index (χ3n) is 5.30. The first-order valence-electron chi connectivity index (χ1n) is 9.53. The number of fused-ring (bicyclic) bond motifs is 2. The molecule has 0 bridgehead atoms. The number of thioether (sulfide) groups is 1. The molecule has 0 amide bonds. The molecule has 7 heteroatoms. The van der Waals surface area contributed by atoms with E-state index in [1.54, 1.807) is 20.9 Å². The van der Waals surface area contributed by atoms with Gasteiger partial charge < -0.3 is 4.98 Å². The highest BCUT2D eigenvalue weighted by Crippen LogP contribution is 2.24. The molecule has 4 aromatic rings. The van der Waals surface area contributed by atoms with Gasteiger partial charge in [-0.2, -0.15) is 0 Å². The molecule has 4 rings (SSSR count). The van der Waals surface area contributed by atoms with Gasteiger partial charge in [0.1, 0.15) is 0 Å². The molecule has 2 aromatic heterocycles. The third kappa shape index (κ3) is 3.35. The highest BCUT2D eigenvalue weighted by molar-refractivity contribution is 7.99. The van der Waals surface area contributed by atoms with Gasteiger partial charge >= 0.3 is 0 Å². The van der Waals surface area contributed by atoms with Crippen LogP contribution in [0.4, 0.5) is 0 Å². The summed E-state index contributed by atoms with van der Waals surface area (Å²) in [5.74, 6) is -0.0999. The summed E-state index contributed by atoms with van der Waals surface area (Å²) in [7, 11) is 1.66. The fourth-order valence-corrected chi connectivity index (χ4v) is 4.67. The van der Waals surface area contributed by atoms with Gasteiger partial charge in [-0.1, -0.05) is 36.0 Å². The average molecular weight is 420 g/mol. The van der Waals surface area contributed by atoms with Gasteiger partial charge in [0, 0.05) is 18.3 Å². The number of hydrogen-bond acceptors (Lipinski definition) is 5. The Bertz CT molecular complexity index is 1400. The van der Waals surface area contributed by atoms with E-state index in [-0.39, 0.29) is 22.9 Å². The van der Waals surface area contributed by atoms with E-state index in [1.807, 2.05) is 36.4 Å². The number of nitrogens with zero attached hydrogens (tertiary/aromatic N) is 2. The highest BCUT2D eigenvalue weighted by atomic mass is 32.2. The summed E-state index contributed by atoms with van der Waals surface area (Å²) in [6.45, 7) is 5.05. The van der Waals surface area contributed by atoms with Crippen molar-refractivity contribution in [3.05, 3.63) is 69.3 Å². The van der Waals surface area contributed by atoms with E-state index in [0.29, 0.717) is 38.6 Å². The van der Waals surface area contributed by atoms with E-state index in [4.69, 9.17) is 0 Å². The van der Waals surface area contributed by atoms with Gasteiger partial charge in [-0.25, -0.2) is 4.98 Å². The number of aromatic nitrogens is 3. The maximum atomic E-state index is 12.9. The highest BCUT2D eigenvalue weighted by Gasteiger charge is 2.20. The van der Waals surface area contributed by atoms with Crippen LogP contribution in [0.3, 0.4) is 0 Å². The van der Waals surface area contributed by atoms with E-state index in [1.165, 1.54) is 23.3 Å². The molecule has 2 heterocycles. The maximum absolute atomic E-state index is 12.9. The number of carbonyl (C=O) groups excluding carboxylic acids is 2. The summed E-state index contributed by atoms with van der Waals surface area (Å²) >= 11 is 1.21. The molecule has 6 nitrogen and oxygen atoms in total. The number of aromatic amines is 1. The quantitative estimate of drug-likeness (QED) is 0.227. The molecule has 0 aliphatic carbocycles. The summed E-state index contributed by atoms with van der Waals surface area (Å²) < 4.78 is 1.48. The molecular weight excluding hydrogens is 398 g/mol. The van der Waals surface area contributed by atoms with Crippen LogP contribution in [0.25, 0.3) is 21.7 Å². The summed E-state index contributed by atoms with van der Waals surface area (Å²) in [5, 5.41) is 3.02. The fourth-order valence-electron chi connectivity index (χ4n) is 3.83. The van der Waals surface area contributed by atoms with Gasteiger partial charge in [0.15, 0.2) is 16.7 Å². The Labute approximate surface area is 177 Å². The normalized spacial score (nSPS) is 11.3. The molecule has 1 N–H and O–H groups in total. The molecule has 2 aromatic carbocycles. The molecule has 0 unspecified atom stereocenters. The second-order valence-corrected chi connectivity index (χ2v) is 8.31. The summed E-state index contributed by atoms with van der Waals surface area (Å²) in [6, 6.07) is 11.6. The van der Waals surface area contributed by atoms with E-state index in [2.05, 4.69) is 9.97 Å². The molecule has 0 saturated carbocycles. The van der Waals surface area contributed by atoms with Crippen LogP contribution in [0.2, 0.25) is 0 Å². The lowest BCUT2D eigenvalue weighted by Crippen LogP contribution is -2.20. The predicted octanol–water partition coefficient (Wildman–Crippen LogP) is 4.21. The number of hydrogen-bond donors (Lipinski definition) is 1. The lowest BCUT2D eigenvalue weighted by molar-refractivity contribution is 0.101. The zero-order valence-corrected chi connectivity index (χ0v) is 18.0. The number of carbonyl (C=O) groups is 2. The number of benzene rings is 2. The van der Waals surface area contributed by atoms with Crippen LogP contribution in [0.1, 0.15) is 39.0 Å². The molecular formula is C23H21N3O3S. The number of Topliss-reactive ketones (excluding diaryl/α,β-unsaturated/α-hetero) is 2. The van der Waals surface area contributed by atoms with E-state index in [0.717, 1.165) is 10.8 Å². The Kier molecular flexibility index (Phi) is 5.07.